The maximum Gasteiger partial charge on any atom is 0.232 e. The topological polar surface area (TPSA) is 40.6 Å². The number of hydrogen-bond donors (Lipinski definition) is 0. The van der Waals surface area contributed by atoms with E-state index in [4.69, 9.17) is 0 Å². The molecule has 1 rings (SSSR count). The Morgan fingerprint density at radius 3 is 1.95 bits per heavy atom. The zero-order valence-electron chi connectivity index (χ0n) is 12.1. The van der Waals surface area contributed by atoms with Crippen LogP contribution in [0.3, 0.4) is 0 Å². The molecule has 0 fully saturated rings. The van der Waals surface area contributed by atoms with Gasteiger partial charge in [0, 0.05) is 17.6 Å². The zero-order valence-corrected chi connectivity index (χ0v) is 14.5. The number of benzene rings is 1. The molecule has 0 aliphatic rings. The van der Waals surface area contributed by atoms with Crippen molar-refractivity contribution in [2.45, 2.75) is 13.8 Å². The molecule has 0 saturated heterocycles. The van der Waals surface area contributed by atoms with Crippen LogP contribution in [0.5, 0.6) is 0 Å². The monoisotopic (exact) mass is 348 g/mol. The second kappa shape index (κ2) is 6.24. The van der Waals surface area contributed by atoms with Gasteiger partial charge in [0.15, 0.2) is 0 Å². The predicted octanol–water partition coefficient (Wildman–Crippen LogP) is 2.39. The molecule has 0 unspecified atom stereocenters. The van der Waals surface area contributed by atoms with Crippen LogP contribution in [0.1, 0.15) is 11.1 Å². The lowest BCUT2D eigenvalue weighted by Crippen LogP contribution is -2.36. The molecular weight excluding hydrogens is 328 g/mol. The van der Waals surface area contributed by atoms with Crippen LogP contribution in [-0.4, -0.2) is 46.8 Å². The van der Waals surface area contributed by atoms with Crippen LogP contribution >= 0.6 is 15.9 Å². The molecule has 0 saturated carbocycles. The Morgan fingerprint density at radius 2 is 1.58 bits per heavy atom. The Bertz CT molecular complexity index is 533. The molecule has 1 aromatic carbocycles. The summed E-state index contributed by atoms with van der Waals surface area (Å²) in [5, 5.41) is 0. The fourth-order valence-corrected chi connectivity index (χ4v) is 2.97. The van der Waals surface area contributed by atoms with Gasteiger partial charge in [-0.15, -0.1) is 0 Å². The van der Waals surface area contributed by atoms with E-state index < -0.39 is 10.0 Å². The molecule has 0 atom stereocenters. The molecule has 0 N–H and O–H groups in total. The highest BCUT2D eigenvalue weighted by atomic mass is 79.9. The highest BCUT2D eigenvalue weighted by Gasteiger charge is 2.18. The van der Waals surface area contributed by atoms with E-state index in [2.05, 4.69) is 15.9 Å². The zero-order chi connectivity index (χ0) is 14.8. The number of halogens is 1. The van der Waals surface area contributed by atoms with Crippen molar-refractivity contribution in [1.82, 2.24) is 4.90 Å². The second-order valence-corrected chi connectivity index (χ2v) is 7.73. The van der Waals surface area contributed by atoms with E-state index in [9.17, 15) is 8.42 Å². The van der Waals surface area contributed by atoms with Gasteiger partial charge >= 0.3 is 0 Å². The SMILES string of the molecule is Cc1cc(N(CCN(C)C)S(C)(=O)=O)cc(C)c1Br. The first kappa shape index (κ1) is 16.5. The van der Waals surface area contributed by atoms with E-state index in [1.54, 1.807) is 0 Å². The summed E-state index contributed by atoms with van der Waals surface area (Å²) in [7, 11) is 0.590. The van der Waals surface area contributed by atoms with E-state index >= 15 is 0 Å². The summed E-state index contributed by atoms with van der Waals surface area (Å²) in [6.45, 7) is 5.06. The van der Waals surface area contributed by atoms with Crippen molar-refractivity contribution in [2.75, 3.05) is 37.7 Å². The molecule has 19 heavy (non-hydrogen) atoms. The molecule has 0 bridgehead atoms. The summed E-state index contributed by atoms with van der Waals surface area (Å²) in [5.41, 5.74) is 2.80. The van der Waals surface area contributed by atoms with Gasteiger partial charge in [0.05, 0.1) is 11.9 Å². The fourth-order valence-electron chi connectivity index (χ4n) is 1.84. The first-order valence-electron chi connectivity index (χ1n) is 6.02. The van der Waals surface area contributed by atoms with E-state index in [0.29, 0.717) is 13.1 Å². The fraction of sp³-hybridized carbons (Fsp3) is 0.538. The van der Waals surface area contributed by atoms with Crippen molar-refractivity contribution in [3.8, 4) is 0 Å². The highest BCUT2D eigenvalue weighted by Crippen LogP contribution is 2.28. The number of hydrogen-bond acceptors (Lipinski definition) is 3. The Kier molecular flexibility index (Phi) is 5.41. The maximum atomic E-state index is 11.9. The van der Waals surface area contributed by atoms with E-state index in [1.807, 2.05) is 45.0 Å². The Labute approximate surface area is 124 Å². The van der Waals surface area contributed by atoms with Crippen molar-refractivity contribution in [1.29, 1.82) is 0 Å². The summed E-state index contributed by atoms with van der Waals surface area (Å²) in [5.74, 6) is 0. The molecule has 0 amide bonds. The lowest BCUT2D eigenvalue weighted by molar-refractivity contribution is 0.419. The molecule has 0 aliphatic heterocycles. The summed E-state index contributed by atoms with van der Waals surface area (Å²) in [6, 6.07) is 3.79. The van der Waals surface area contributed by atoms with Gasteiger partial charge in [-0.2, -0.15) is 0 Å². The molecule has 0 spiro atoms. The first-order valence-corrected chi connectivity index (χ1v) is 8.66. The van der Waals surface area contributed by atoms with Gasteiger partial charge in [-0.3, -0.25) is 4.31 Å². The number of nitrogens with zero attached hydrogens (tertiary/aromatic N) is 2. The van der Waals surface area contributed by atoms with Crippen molar-refractivity contribution < 1.29 is 8.42 Å². The number of likely N-dealkylation sites (N-methyl/N-ethyl adjacent to an activating group) is 1. The number of anilines is 1. The minimum absolute atomic E-state index is 0.451. The Hall–Kier alpha value is -0.590. The molecular formula is C13H21BrN2O2S. The highest BCUT2D eigenvalue weighted by molar-refractivity contribution is 9.10. The summed E-state index contributed by atoms with van der Waals surface area (Å²) in [4.78, 5) is 1.97. The van der Waals surface area contributed by atoms with Gasteiger partial charge in [0.25, 0.3) is 0 Å². The summed E-state index contributed by atoms with van der Waals surface area (Å²) in [6.07, 6.45) is 1.25. The first-order chi connectivity index (χ1) is 8.62. The van der Waals surface area contributed by atoms with E-state index in [0.717, 1.165) is 21.3 Å². The third-order valence-corrected chi connectivity index (χ3v) is 5.30. The molecule has 6 heteroatoms. The Morgan fingerprint density at radius 1 is 1.11 bits per heavy atom. The van der Waals surface area contributed by atoms with E-state index in [-0.39, 0.29) is 0 Å². The van der Waals surface area contributed by atoms with Gasteiger partial charge in [-0.05, 0) is 51.2 Å². The predicted molar refractivity (Wildman–Crippen MR) is 84.4 cm³/mol. The maximum absolute atomic E-state index is 11.9. The minimum Gasteiger partial charge on any atom is -0.308 e. The lowest BCUT2D eigenvalue weighted by Gasteiger charge is -2.25. The van der Waals surface area contributed by atoms with Crippen LogP contribution in [0.4, 0.5) is 5.69 Å². The molecule has 0 radical (unpaired) electrons. The third kappa shape index (κ3) is 4.47. The van der Waals surface area contributed by atoms with Gasteiger partial charge in [0.1, 0.15) is 0 Å². The summed E-state index contributed by atoms with van der Waals surface area (Å²) < 4.78 is 26.4. The molecule has 0 heterocycles. The molecule has 1 aromatic rings. The number of sulfonamides is 1. The van der Waals surface area contributed by atoms with Crippen molar-refractivity contribution >= 4 is 31.6 Å². The molecule has 108 valence electrons. The molecule has 0 aromatic heterocycles. The van der Waals surface area contributed by atoms with Crippen molar-refractivity contribution in [2.24, 2.45) is 0 Å². The smallest absolute Gasteiger partial charge is 0.232 e. The van der Waals surface area contributed by atoms with Gasteiger partial charge < -0.3 is 4.90 Å². The van der Waals surface area contributed by atoms with Crippen molar-refractivity contribution in [3.63, 3.8) is 0 Å². The Balaban J connectivity index is 3.19. The quantitative estimate of drug-likeness (QED) is 0.820. The van der Waals surface area contributed by atoms with Crippen LogP contribution in [0, 0.1) is 13.8 Å². The second-order valence-electron chi connectivity index (χ2n) is 5.03. The average Bonchev–Trinajstić information content (AvgIpc) is 2.23. The van der Waals surface area contributed by atoms with Gasteiger partial charge in [-0.25, -0.2) is 8.42 Å². The third-order valence-electron chi connectivity index (χ3n) is 2.86. The largest absolute Gasteiger partial charge is 0.308 e. The molecule has 0 aliphatic carbocycles. The van der Waals surface area contributed by atoms with Crippen LogP contribution in [0.25, 0.3) is 0 Å². The normalized spacial score (nSPS) is 11.9. The molecule has 4 nitrogen and oxygen atoms in total. The van der Waals surface area contributed by atoms with Crippen LogP contribution in [0.2, 0.25) is 0 Å². The van der Waals surface area contributed by atoms with Gasteiger partial charge in [-0.1, -0.05) is 15.9 Å². The summed E-state index contributed by atoms with van der Waals surface area (Å²) >= 11 is 3.50. The lowest BCUT2D eigenvalue weighted by atomic mass is 10.1. The minimum atomic E-state index is -3.27. The van der Waals surface area contributed by atoms with Crippen LogP contribution in [-0.2, 0) is 10.0 Å². The number of rotatable bonds is 5. The van der Waals surface area contributed by atoms with Gasteiger partial charge in [0.2, 0.25) is 10.0 Å². The van der Waals surface area contributed by atoms with Crippen molar-refractivity contribution in [3.05, 3.63) is 27.7 Å². The number of aryl methyl sites for hydroxylation is 2. The van der Waals surface area contributed by atoms with Crippen LogP contribution in [0.15, 0.2) is 16.6 Å². The van der Waals surface area contributed by atoms with E-state index in [1.165, 1.54) is 10.6 Å². The standard InChI is InChI=1S/C13H21BrN2O2S/c1-10-8-12(9-11(2)13(10)14)16(19(5,17)18)7-6-15(3)4/h8-9H,6-7H2,1-5H3. The average molecular weight is 349 g/mol. The van der Waals surface area contributed by atoms with Crippen LogP contribution < -0.4 is 4.31 Å².